The largest absolute Gasteiger partial charge is 1.00 e. The van der Waals surface area contributed by atoms with Gasteiger partial charge >= 0.3 is 51.4 Å². The zero-order valence-electron chi connectivity index (χ0n) is 10.1. The Bertz CT molecular complexity index is 494. The van der Waals surface area contributed by atoms with Gasteiger partial charge in [0.05, 0.1) is 5.97 Å². The quantitative estimate of drug-likeness (QED) is 0.632. The van der Waals surface area contributed by atoms with Crippen LogP contribution in [0.4, 0.5) is 0 Å². The summed E-state index contributed by atoms with van der Waals surface area (Å²) in [6.07, 6.45) is 0. The number of benzene rings is 2. The van der Waals surface area contributed by atoms with Gasteiger partial charge in [0.25, 0.3) is 0 Å². The van der Waals surface area contributed by atoms with Gasteiger partial charge in [0.15, 0.2) is 0 Å². The van der Waals surface area contributed by atoms with Crippen LogP contribution in [0.3, 0.4) is 0 Å². The number of carbonyl (C=O) groups is 1. The van der Waals surface area contributed by atoms with Crippen molar-refractivity contribution >= 4 is 5.97 Å². The Kier molecular flexibility index (Phi) is 6.60. The maximum Gasteiger partial charge on any atom is 1.00 e. The van der Waals surface area contributed by atoms with Gasteiger partial charge < -0.3 is 14.6 Å². The van der Waals surface area contributed by atoms with Gasteiger partial charge in [0, 0.05) is 0 Å². The zero-order chi connectivity index (χ0) is 12.1. The predicted molar refractivity (Wildman–Crippen MR) is 62.4 cm³/mol. The van der Waals surface area contributed by atoms with Crippen LogP contribution in [0.5, 0.6) is 5.75 Å². The van der Waals surface area contributed by atoms with Crippen molar-refractivity contribution in [2.45, 2.75) is 0 Å². The van der Waals surface area contributed by atoms with Gasteiger partial charge in [-0.25, -0.2) is 0 Å². The van der Waals surface area contributed by atoms with Gasteiger partial charge in [-0.2, -0.15) is 0 Å². The molecule has 0 aliphatic heterocycles. The number of aliphatic carboxylic acids is 1. The third kappa shape index (κ3) is 4.55. The van der Waals surface area contributed by atoms with E-state index < -0.39 is 12.6 Å². The molecule has 0 aliphatic rings. The van der Waals surface area contributed by atoms with E-state index in [2.05, 4.69) is 0 Å². The molecule has 0 unspecified atom stereocenters. The van der Waals surface area contributed by atoms with Crippen LogP contribution in [0.25, 0.3) is 11.1 Å². The minimum atomic E-state index is -1.22. The molecule has 0 fully saturated rings. The molecule has 0 amide bonds. The summed E-state index contributed by atoms with van der Waals surface area (Å²) in [7, 11) is 0. The molecule has 0 N–H and O–H groups in total. The van der Waals surface area contributed by atoms with E-state index in [-0.39, 0.29) is 51.4 Å². The molecule has 0 heterocycles. The molecule has 0 aliphatic carbocycles. The second-order valence-electron chi connectivity index (χ2n) is 3.55. The van der Waals surface area contributed by atoms with Gasteiger partial charge in [0.1, 0.15) is 12.4 Å². The van der Waals surface area contributed by atoms with Gasteiger partial charge in [0.2, 0.25) is 0 Å². The summed E-state index contributed by atoms with van der Waals surface area (Å²) in [5.41, 5.74) is 2.17. The van der Waals surface area contributed by atoms with Crippen molar-refractivity contribution in [1.29, 1.82) is 0 Å². The van der Waals surface area contributed by atoms with E-state index in [9.17, 15) is 9.90 Å². The molecule has 4 heteroatoms. The predicted octanol–water partition coefficient (Wildman–Crippen LogP) is -1.51. The summed E-state index contributed by atoms with van der Waals surface area (Å²) in [5.74, 6) is -0.703. The van der Waals surface area contributed by atoms with Crippen LogP contribution in [-0.4, -0.2) is 12.6 Å². The van der Waals surface area contributed by atoms with Gasteiger partial charge in [-0.15, -0.1) is 0 Å². The van der Waals surface area contributed by atoms with E-state index in [1.54, 1.807) is 12.1 Å². The fourth-order valence-electron chi connectivity index (χ4n) is 1.52. The fraction of sp³-hybridized carbons (Fsp3) is 0.0714. The fourth-order valence-corrected chi connectivity index (χ4v) is 1.52. The topological polar surface area (TPSA) is 49.4 Å². The van der Waals surface area contributed by atoms with E-state index >= 15 is 0 Å². The van der Waals surface area contributed by atoms with Crippen molar-refractivity contribution in [3.63, 3.8) is 0 Å². The minimum Gasteiger partial charge on any atom is -0.546 e. The Morgan fingerprint density at radius 2 is 1.50 bits per heavy atom. The van der Waals surface area contributed by atoms with Crippen molar-refractivity contribution in [2.24, 2.45) is 0 Å². The van der Waals surface area contributed by atoms with Crippen LogP contribution in [0.2, 0.25) is 0 Å². The summed E-state index contributed by atoms with van der Waals surface area (Å²) >= 11 is 0. The van der Waals surface area contributed by atoms with Gasteiger partial charge in [-0.3, -0.25) is 0 Å². The van der Waals surface area contributed by atoms with Gasteiger partial charge in [-0.05, 0) is 23.3 Å². The van der Waals surface area contributed by atoms with Crippen molar-refractivity contribution in [3.05, 3.63) is 54.6 Å². The van der Waals surface area contributed by atoms with Crippen LogP contribution < -0.4 is 61.2 Å². The van der Waals surface area contributed by atoms with Crippen LogP contribution >= 0.6 is 0 Å². The molecule has 0 atom stereocenters. The standard InChI is InChI=1S/C14H12O3.K/c15-14(16)10-17-13-8-6-12(7-9-13)11-4-2-1-3-5-11;/h1-9H,10H2,(H,15,16);/q;+1/p-1. The smallest absolute Gasteiger partial charge is 0.546 e. The molecular formula is C14H11KO3. The number of hydrogen-bond acceptors (Lipinski definition) is 3. The molecule has 0 spiro atoms. The molecule has 3 nitrogen and oxygen atoms in total. The molecule has 2 aromatic rings. The Morgan fingerprint density at radius 1 is 0.944 bits per heavy atom. The normalized spacial score (nSPS) is 9.33. The van der Waals surface area contributed by atoms with E-state index in [1.165, 1.54) is 0 Å². The molecule has 0 saturated heterocycles. The monoisotopic (exact) mass is 266 g/mol. The molecule has 0 aromatic heterocycles. The molecule has 0 saturated carbocycles. The van der Waals surface area contributed by atoms with Crippen LogP contribution in [0, 0.1) is 0 Å². The average Bonchev–Trinajstić information content (AvgIpc) is 2.38. The summed E-state index contributed by atoms with van der Waals surface area (Å²) in [5, 5.41) is 10.2. The van der Waals surface area contributed by atoms with Gasteiger partial charge in [-0.1, -0.05) is 42.5 Å². The second kappa shape index (κ2) is 7.71. The second-order valence-corrected chi connectivity index (χ2v) is 3.55. The SMILES string of the molecule is O=C([O-])COc1ccc(-c2ccccc2)cc1.[K+]. The molecule has 0 radical (unpaired) electrons. The van der Waals surface area contributed by atoms with Crippen molar-refractivity contribution < 1.29 is 66.0 Å². The third-order valence-corrected chi connectivity index (χ3v) is 2.32. The molecule has 2 rings (SSSR count). The van der Waals surface area contributed by atoms with E-state index in [0.29, 0.717) is 5.75 Å². The number of carboxylic acid groups (broad SMARTS) is 1. The van der Waals surface area contributed by atoms with E-state index in [0.717, 1.165) is 11.1 Å². The van der Waals surface area contributed by atoms with Crippen LogP contribution in [0.1, 0.15) is 0 Å². The van der Waals surface area contributed by atoms with E-state index in [1.807, 2.05) is 42.5 Å². The molecule has 86 valence electrons. The van der Waals surface area contributed by atoms with Crippen LogP contribution in [0.15, 0.2) is 54.6 Å². The average molecular weight is 266 g/mol. The first-order valence-corrected chi connectivity index (χ1v) is 5.24. The summed E-state index contributed by atoms with van der Waals surface area (Å²) < 4.78 is 5.00. The zero-order valence-corrected chi connectivity index (χ0v) is 13.3. The first-order chi connectivity index (χ1) is 8.25. The van der Waals surface area contributed by atoms with E-state index in [4.69, 9.17) is 4.74 Å². The Balaban J connectivity index is 0.00000162. The number of carbonyl (C=O) groups excluding carboxylic acids is 1. The maximum atomic E-state index is 10.2. The summed E-state index contributed by atoms with van der Waals surface area (Å²) in [6.45, 7) is -0.426. The third-order valence-electron chi connectivity index (χ3n) is 2.32. The number of rotatable bonds is 4. The maximum absolute atomic E-state index is 10.2. The summed E-state index contributed by atoms with van der Waals surface area (Å²) in [6, 6.07) is 17.2. The number of carboxylic acids is 1. The Morgan fingerprint density at radius 3 is 2.06 bits per heavy atom. The minimum absolute atomic E-state index is 0. The number of hydrogen-bond donors (Lipinski definition) is 0. The molecule has 18 heavy (non-hydrogen) atoms. The summed E-state index contributed by atoms with van der Waals surface area (Å²) in [4.78, 5) is 10.2. The Labute approximate surface area is 148 Å². The molecule has 0 bridgehead atoms. The first-order valence-electron chi connectivity index (χ1n) is 5.24. The van der Waals surface area contributed by atoms with Crippen LogP contribution in [-0.2, 0) is 4.79 Å². The molecule has 2 aromatic carbocycles. The first kappa shape index (κ1) is 15.4. The Hall–Kier alpha value is -0.654. The molecular weight excluding hydrogens is 255 g/mol. The van der Waals surface area contributed by atoms with Crippen molar-refractivity contribution in [1.82, 2.24) is 0 Å². The van der Waals surface area contributed by atoms with Crippen molar-refractivity contribution in [2.75, 3.05) is 6.61 Å². The van der Waals surface area contributed by atoms with Crippen molar-refractivity contribution in [3.8, 4) is 16.9 Å². The number of ether oxygens (including phenoxy) is 1.